The third-order valence-corrected chi connectivity index (χ3v) is 5.01. The fourth-order valence-electron chi connectivity index (χ4n) is 3.27. The maximum Gasteiger partial charge on any atom is 0.191 e. The molecule has 2 heterocycles. The zero-order valence-electron chi connectivity index (χ0n) is 16.5. The summed E-state index contributed by atoms with van der Waals surface area (Å²) in [6, 6.07) is 14.8. The molecule has 0 radical (unpaired) electrons. The molecule has 2 aromatic rings. The lowest BCUT2D eigenvalue weighted by Crippen LogP contribution is -2.37. The molecule has 0 amide bonds. The fourth-order valence-corrected chi connectivity index (χ4v) is 3.27. The van der Waals surface area contributed by atoms with Gasteiger partial charge in [0.1, 0.15) is 0 Å². The third kappa shape index (κ3) is 5.98. The molecule has 1 aliphatic rings. The van der Waals surface area contributed by atoms with Crippen molar-refractivity contribution in [2.24, 2.45) is 10.9 Å². The number of nitrogens with one attached hydrogen (secondary N) is 2. The van der Waals surface area contributed by atoms with E-state index in [1.54, 1.807) is 0 Å². The van der Waals surface area contributed by atoms with Gasteiger partial charge in [0, 0.05) is 31.5 Å². The van der Waals surface area contributed by atoms with Gasteiger partial charge in [-0.1, -0.05) is 25.1 Å². The Hall–Kier alpha value is -2.56. The summed E-state index contributed by atoms with van der Waals surface area (Å²) >= 11 is 0. The van der Waals surface area contributed by atoms with E-state index in [9.17, 15) is 0 Å². The van der Waals surface area contributed by atoms with Crippen LogP contribution in [0.3, 0.4) is 0 Å². The minimum atomic E-state index is 0.662. The van der Waals surface area contributed by atoms with E-state index in [4.69, 9.17) is 4.99 Å². The Bertz CT molecular complexity index is 703. The van der Waals surface area contributed by atoms with Crippen molar-refractivity contribution in [3.8, 4) is 0 Å². The fraction of sp³-hybridized carbons (Fsp3) is 0.455. The molecular formula is C22H31N5. The molecule has 3 rings (SSSR count). The number of guanidine groups is 1. The maximum absolute atomic E-state index is 4.70. The standard InChI is InChI=1S/C22H31N5/c1-3-23-22(26-17-20-6-4-5-13-24-20)25-16-19-7-9-21(10-8-19)27-14-11-18(2)12-15-27/h4-10,13,18H,3,11-12,14-17H2,1-2H3,(H2,23,25,26). The van der Waals surface area contributed by atoms with Crippen LogP contribution in [0.25, 0.3) is 0 Å². The highest BCUT2D eigenvalue weighted by atomic mass is 15.2. The van der Waals surface area contributed by atoms with Crippen LogP contribution < -0.4 is 15.5 Å². The van der Waals surface area contributed by atoms with Gasteiger partial charge in [0.2, 0.25) is 0 Å². The van der Waals surface area contributed by atoms with Crippen LogP contribution in [0.1, 0.15) is 37.9 Å². The first-order valence-corrected chi connectivity index (χ1v) is 10.0. The zero-order valence-corrected chi connectivity index (χ0v) is 16.5. The van der Waals surface area contributed by atoms with E-state index in [1.165, 1.54) is 37.2 Å². The van der Waals surface area contributed by atoms with E-state index < -0.39 is 0 Å². The van der Waals surface area contributed by atoms with Gasteiger partial charge < -0.3 is 15.5 Å². The molecule has 1 aromatic carbocycles. The summed E-state index contributed by atoms with van der Waals surface area (Å²) in [6.07, 6.45) is 4.39. The topological polar surface area (TPSA) is 52.6 Å². The summed E-state index contributed by atoms with van der Waals surface area (Å²) < 4.78 is 0. The summed E-state index contributed by atoms with van der Waals surface area (Å²) in [4.78, 5) is 11.5. The second-order valence-electron chi connectivity index (χ2n) is 7.21. The summed E-state index contributed by atoms with van der Waals surface area (Å²) in [6.45, 7) is 8.92. The average Bonchev–Trinajstić information content (AvgIpc) is 2.72. The summed E-state index contributed by atoms with van der Waals surface area (Å²) in [5.41, 5.74) is 3.55. The molecule has 0 unspecified atom stereocenters. The van der Waals surface area contributed by atoms with Crippen molar-refractivity contribution in [3.05, 3.63) is 59.9 Å². The molecule has 0 atom stereocenters. The number of piperidine rings is 1. The van der Waals surface area contributed by atoms with Crippen LogP contribution in [0, 0.1) is 5.92 Å². The highest BCUT2D eigenvalue weighted by Gasteiger charge is 2.15. The van der Waals surface area contributed by atoms with Crippen molar-refractivity contribution >= 4 is 11.6 Å². The Morgan fingerprint density at radius 1 is 1.11 bits per heavy atom. The third-order valence-electron chi connectivity index (χ3n) is 5.01. The molecule has 0 saturated carbocycles. The van der Waals surface area contributed by atoms with Gasteiger partial charge in [0.25, 0.3) is 0 Å². The van der Waals surface area contributed by atoms with Gasteiger partial charge in [-0.05, 0) is 55.5 Å². The van der Waals surface area contributed by atoms with Crippen LogP contribution in [-0.4, -0.2) is 30.6 Å². The number of aliphatic imine (C=N–C) groups is 1. The number of nitrogens with zero attached hydrogens (tertiary/aromatic N) is 3. The number of rotatable bonds is 6. The molecule has 144 valence electrons. The molecule has 27 heavy (non-hydrogen) atoms. The van der Waals surface area contributed by atoms with Gasteiger partial charge in [-0.25, -0.2) is 4.99 Å². The average molecular weight is 366 g/mol. The molecule has 1 fully saturated rings. The Labute approximate surface area is 162 Å². The van der Waals surface area contributed by atoms with Gasteiger partial charge in [0.15, 0.2) is 5.96 Å². The van der Waals surface area contributed by atoms with Crippen molar-refractivity contribution in [3.63, 3.8) is 0 Å². The number of hydrogen-bond acceptors (Lipinski definition) is 3. The first-order chi connectivity index (χ1) is 13.2. The Kier molecular flexibility index (Phi) is 7.08. The van der Waals surface area contributed by atoms with E-state index in [0.717, 1.165) is 24.1 Å². The summed E-state index contributed by atoms with van der Waals surface area (Å²) in [7, 11) is 0. The number of anilines is 1. The number of benzene rings is 1. The molecule has 0 aliphatic carbocycles. The largest absolute Gasteiger partial charge is 0.372 e. The predicted molar refractivity (Wildman–Crippen MR) is 113 cm³/mol. The molecule has 0 spiro atoms. The van der Waals surface area contributed by atoms with Crippen LogP contribution >= 0.6 is 0 Å². The van der Waals surface area contributed by atoms with Crippen LogP contribution in [0.4, 0.5) is 5.69 Å². The van der Waals surface area contributed by atoms with Gasteiger partial charge in [-0.15, -0.1) is 0 Å². The van der Waals surface area contributed by atoms with E-state index in [0.29, 0.717) is 13.1 Å². The van der Waals surface area contributed by atoms with Crippen LogP contribution in [0.15, 0.2) is 53.7 Å². The van der Waals surface area contributed by atoms with Crippen molar-refractivity contribution in [2.75, 3.05) is 24.5 Å². The quantitative estimate of drug-likeness (QED) is 0.607. The van der Waals surface area contributed by atoms with Gasteiger partial charge in [-0.3, -0.25) is 4.98 Å². The SMILES string of the molecule is CCNC(=NCc1ccc(N2CCC(C)CC2)cc1)NCc1ccccn1. The smallest absolute Gasteiger partial charge is 0.191 e. The van der Waals surface area contributed by atoms with E-state index in [1.807, 2.05) is 24.4 Å². The first kappa shape index (κ1) is 19.2. The number of pyridine rings is 1. The van der Waals surface area contributed by atoms with Crippen LogP contribution in [0.5, 0.6) is 0 Å². The minimum absolute atomic E-state index is 0.662. The van der Waals surface area contributed by atoms with Crippen LogP contribution in [0.2, 0.25) is 0 Å². The van der Waals surface area contributed by atoms with Crippen molar-refractivity contribution in [1.29, 1.82) is 0 Å². The Morgan fingerprint density at radius 2 is 1.89 bits per heavy atom. The maximum atomic E-state index is 4.70. The van der Waals surface area contributed by atoms with Crippen molar-refractivity contribution in [2.45, 2.75) is 39.8 Å². The van der Waals surface area contributed by atoms with Gasteiger partial charge in [0.05, 0.1) is 18.8 Å². The molecule has 1 aromatic heterocycles. The molecular weight excluding hydrogens is 334 g/mol. The van der Waals surface area contributed by atoms with Crippen molar-refractivity contribution < 1.29 is 0 Å². The second kappa shape index (κ2) is 9.95. The second-order valence-corrected chi connectivity index (χ2v) is 7.21. The lowest BCUT2D eigenvalue weighted by Gasteiger charge is -2.32. The highest BCUT2D eigenvalue weighted by molar-refractivity contribution is 5.79. The molecule has 2 N–H and O–H groups in total. The predicted octanol–water partition coefficient (Wildman–Crippen LogP) is 3.57. The minimum Gasteiger partial charge on any atom is -0.372 e. The Balaban J connectivity index is 1.55. The van der Waals surface area contributed by atoms with Gasteiger partial charge >= 0.3 is 0 Å². The van der Waals surface area contributed by atoms with E-state index in [2.05, 4.69) is 58.6 Å². The van der Waals surface area contributed by atoms with Crippen molar-refractivity contribution in [1.82, 2.24) is 15.6 Å². The van der Waals surface area contributed by atoms with Crippen LogP contribution in [-0.2, 0) is 13.1 Å². The number of aromatic nitrogens is 1. The molecule has 5 heteroatoms. The van der Waals surface area contributed by atoms with Gasteiger partial charge in [-0.2, -0.15) is 0 Å². The lowest BCUT2D eigenvalue weighted by atomic mass is 9.99. The molecule has 5 nitrogen and oxygen atoms in total. The summed E-state index contributed by atoms with van der Waals surface area (Å²) in [5, 5.41) is 6.64. The normalized spacial score (nSPS) is 15.6. The number of hydrogen-bond donors (Lipinski definition) is 2. The molecule has 1 aliphatic heterocycles. The first-order valence-electron chi connectivity index (χ1n) is 10.0. The highest BCUT2D eigenvalue weighted by Crippen LogP contribution is 2.23. The zero-order chi connectivity index (χ0) is 18.9. The lowest BCUT2D eigenvalue weighted by molar-refractivity contribution is 0.438. The monoisotopic (exact) mass is 365 g/mol. The Morgan fingerprint density at radius 3 is 2.56 bits per heavy atom. The van der Waals surface area contributed by atoms with E-state index in [-0.39, 0.29) is 0 Å². The molecule has 0 bridgehead atoms. The van der Waals surface area contributed by atoms with E-state index >= 15 is 0 Å². The molecule has 1 saturated heterocycles. The summed E-state index contributed by atoms with van der Waals surface area (Å²) in [5.74, 6) is 1.68.